The Hall–Kier alpha value is -1.57. The zero-order valence-corrected chi connectivity index (χ0v) is 18.9. The van der Waals surface area contributed by atoms with Gasteiger partial charge in [-0.3, -0.25) is 10.1 Å². The molecule has 5 nitrogen and oxygen atoms in total. The maximum atomic E-state index is 12.4. The maximum Gasteiger partial charge on any atom is 0.257 e. The van der Waals surface area contributed by atoms with Crippen molar-refractivity contribution >= 4 is 69.4 Å². The highest BCUT2D eigenvalue weighted by Crippen LogP contribution is 2.34. The zero-order valence-electron chi connectivity index (χ0n) is 15.8. The molecule has 1 heterocycles. The molecule has 0 aromatic heterocycles. The zero-order chi connectivity index (χ0) is 21.0. The van der Waals surface area contributed by atoms with Crippen LogP contribution in [0.25, 0.3) is 0 Å². The Bertz CT molecular complexity index is 917. The van der Waals surface area contributed by atoms with E-state index in [0.717, 1.165) is 44.1 Å². The Kier molecular flexibility index (Phi) is 7.60. The molecule has 1 saturated heterocycles. The number of halogens is 3. The van der Waals surface area contributed by atoms with Gasteiger partial charge in [-0.05, 0) is 49.1 Å². The number of para-hydroxylation sites is 1. The lowest BCUT2D eigenvalue weighted by molar-refractivity contribution is 0.0977. The van der Waals surface area contributed by atoms with Gasteiger partial charge in [0.15, 0.2) is 5.11 Å². The molecule has 0 atom stereocenters. The minimum atomic E-state index is -0.374. The van der Waals surface area contributed by atoms with E-state index in [9.17, 15) is 4.79 Å². The van der Waals surface area contributed by atoms with Gasteiger partial charge in [0, 0.05) is 31.7 Å². The Balaban J connectivity index is 1.71. The maximum absolute atomic E-state index is 12.4. The number of nitrogens with zero attached hydrogens (tertiary/aromatic N) is 2. The molecule has 9 heteroatoms. The van der Waals surface area contributed by atoms with Crippen molar-refractivity contribution in [2.45, 2.75) is 6.92 Å². The smallest absolute Gasteiger partial charge is 0.257 e. The summed E-state index contributed by atoms with van der Waals surface area (Å²) in [6.07, 6.45) is 0. The number of rotatable bonds is 4. The molecule has 0 unspecified atom stereocenters. The van der Waals surface area contributed by atoms with Gasteiger partial charge in [-0.2, -0.15) is 0 Å². The second kappa shape index (κ2) is 9.96. The standard InChI is InChI=1S/C20H21Cl3N4OS/c1-2-26-8-10-27(11-9-26)18-15(22)4-3-5-17(18)24-20(29)25-19(28)13-6-7-14(21)16(23)12-13/h3-7,12H,2,8-11H2,1H3,(H2,24,25,28,29). The summed E-state index contributed by atoms with van der Waals surface area (Å²) in [7, 11) is 0. The molecule has 29 heavy (non-hydrogen) atoms. The summed E-state index contributed by atoms with van der Waals surface area (Å²) in [6, 6.07) is 10.3. The minimum absolute atomic E-state index is 0.178. The molecule has 3 rings (SSSR count). The summed E-state index contributed by atoms with van der Waals surface area (Å²) < 4.78 is 0. The average molecular weight is 472 g/mol. The first-order valence-electron chi connectivity index (χ1n) is 9.22. The van der Waals surface area contributed by atoms with Crippen molar-refractivity contribution in [2.24, 2.45) is 0 Å². The third-order valence-corrected chi connectivity index (χ3v) is 6.03. The van der Waals surface area contributed by atoms with Crippen LogP contribution in [0.3, 0.4) is 0 Å². The quantitative estimate of drug-likeness (QED) is 0.620. The van der Waals surface area contributed by atoms with Crippen LogP contribution in [0.5, 0.6) is 0 Å². The Morgan fingerprint density at radius 1 is 1.03 bits per heavy atom. The molecule has 1 fully saturated rings. The molecule has 0 bridgehead atoms. The summed E-state index contributed by atoms with van der Waals surface area (Å²) in [5.41, 5.74) is 2.00. The van der Waals surface area contributed by atoms with E-state index in [0.29, 0.717) is 20.6 Å². The van der Waals surface area contributed by atoms with Crippen LogP contribution in [-0.2, 0) is 0 Å². The predicted octanol–water partition coefficient (Wildman–Crippen LogP) is 4.92. The van der Waals surface area contributed by atoms with Crippen molar-refractivity contribution in [3.05, 3.63) is 57.0 Å². The van der Waals surface area contributed by atoms with Crippen LogP contribution in [0.4, 0.5) is 11.4 Å². The molecule has 1 aliphatic rings. The third kappa shape index (κ3) is 5.53. The molecule has 2 N–H and O–H groups in total. The Morgan fingerprint density at radius 2 is 1.76 bits per heavy atom. The lowest BCUT2D eigenvalue weighted by atomic mass is 10.2. The van der Waals surface area contributed by atoms with Crippen molar-refractivity contribution in [1.82, 2.24) is 10.2 Å². The molecule has 1 aliphatic heterocycles. The van der Waals surface area contributed by atoms with E-state index in [1.165, 1.54) is 6.07 Å². The highest BCUT2D eigenvalue weighted by atomic mass is 35.5. The fourth-order valence-electron chi connectivity index (χ4n) is 3.19. The van der Waals surface area contributed by atoms with E-state index in [-0.39, 0.29) is 11.0 Å². The second-order valence-electron chi connectivity index (χ2n) is 6.59. The third-order valence-electron chi connectivity index (χ3n) is 4.78. The normalized spacial score (nSPS) is 14.6. The lowest BCUT2D eigenvalue weighted by Gasteiger charge is -2.37. The molecule has 1 amide bonds. The molecular weight excluding hydrogens is 451 g/mol. The number of carbonyl (C=O) groups is 1. The van der Waals surface area contributed by atoms with Crippen LogP contribution < -0.4 is 15.5 Å². The van der Waals surface area contributed by atoms with Crippen LogP contribution in [0.15, 0.2) is 36.4 Å². The highest BCUT2D eigenvalue weighted by molar-refractivity contribution is 7.80. The topological polar surface area (TPSA) is 47.6 Å². The number of hydrogen-bond donors (Lipinski definition) is 2. The van der Waals surface area contributed by atoms with Gasteiger partial charge in [0.2, 0.25) is 0 Å². The van der Waals surface area contributed by atoms with Gasteiger partial charge in [-0.1, -0.05) is 47.8 Å². The average Bonchev–Trinajstić information content (AvgIpc) is 2.70. The van der Waals surface area contributed by atoms with Crippen LogP contribution in [0.1, 0.15) is 17.3 Å². The molecule has 0 spiro atoms. The summed E-state index contributed by atoms with van der Waals surface area (Å²) in [5, 5.41) is 7.28. The van der Waals surface area contributed by atoms with Crippen molar-refractivity contribution in [3.8, 4) is 0 Å². The number of likely N-dealkylation sites (N-methyl/N-ethyl adjacent to an activating group) is 1. The van der Waals surface area contributed by atoms with E-state index in [2.05, 4.69) is 27.4 Å². The van der Waals surface area contributed by atoms with Crippen LogP contribution in [0, 0.1) is 0 Å². The molecule has 0 aliphatic carbocycles. The number of piperazine rings is 1. The second-order valence-corrected chi connectivity index (χ2v) is 8.22. The summed E-state index contributed by atoms with van der Waals surface area (Å²) in [5.74, 6) is -0.374. The Morgan fingerprint density at radius 3 is 2.41 bits per heavy atom. The number of carbonyl (C=O) groups excluding carboxylic acids is 1. The summed E-state index contributed by atoms with van der Waals surface area (Å²) in [4.78, 5) is 17.1. The largest absolute Gasteiger partial charge is 0.366 e. The van der Waals surface area contributed by atoms with E-state index in [4.69, 9.17) is 47.0 Å². The number of hydrogen-bond acceptors (Lipinski definition) is 4. The SMILES string of the molecule is CCN1CCN(c2c(Cl)cccc2NC(=S)NC(=O)c2ccc(Cl)c(Cl)c2)CC1. The highest BCUT2D eigenvalue weighted by Gasteiger charge is 2.21. The van der Waals surface area contributed by atoms with E-state index in [1.807, 2.05) is 18.2 Å². The van der Waals surface area contributed by atoms with E-state index >= 15 is 0 Å². The predicted molar refractivity (Wildman–Crippen MR) is 126 cm³/mol. The number of thiocarbonyl (C=S) groups is 1. The lowest BCUT2D eigenvalue weighted by Crippen LogP contribution is -2.46. The first kappa shape index (κ1) is 22.1. The van der Waals surface area contributed by atoms with Gasteiger partial charge in [-0.25, -0.2) is 0 Å². The van der Waals surface area contributed by atoms with E-state index < -0.39 is 0 Å². The van der Waals surface area contributed by atoms with Crippen molar-refractivity contribution in [3.63, 3.8) is 0 Å². The monoisotopic (exact) mass is 470 g/mol. The number of anilines is 2. The van der Waals surface area contributed by atoms with Crippen molar-refractivity contribution < 1.29 is 4.79 Å². The minimum Gasteiger partial charge on any atom is -0.366 e. The van der Waals surface area contributed by atoms with Crippen LogP contribution in [-0.4, -0.2) is 48.6 Å². The van der Waals surface area contributed by atoms with Crippen molar-refractivity contribution in [1.29, 1.82) is 0 Å². The first-order valence-corrected chi connectivity index (χ1v) is 10.8. The molecule has 0 radical (unpaired) electrons. The fraction of sp³-hybridized carbons (Fsp3) is 0.300. The molecule has 154 valence electrons. The molecule has 2 aromatic carbocycles. The van der Waals surface area contributed by atoms with Crippen LogP contribution >= 0.6 is 47.0 Å². The van der Waals surface area contributed by atoms with Crippen LogP contribution in [0.2, 0.25) is 15.1 Å². The fourth-order valence-corrected chi connectivity index (χ4v) is 3.99. The molecular formula is C20H21Cl3N4OS. The Labute approximate surface area is 190 Å². The summed E-state index contributed by atoms with van der Waals surface area (Å²) in [6.45, 7) is 6.88. The first-order chi connectivity index (χ1) is 13.9. The van der Waals surface area contributed by atoms with Crippen molar-refractivity contribution in [2.75, 3.05) is 42.9 Å². The van der Waals surface area contributed by atoms with E-state index in [1.54, 1.807) is 12.1 Å². The van der Waals surface area contributed by atoms with Gasteiger partial charge in [-0.15, -0.1) is 0 Å². The van der Waals surface area contributed by atoms with Gasteiger partial charge in [0.25, 0.3) is 5.91 Å². The van der Waals surface area contributed by atoms with Gasteiger partial charge < -0.3 is 15.1 Å². The molecule has 2 aromatic rings. The number of amides is 1. The van der Waals surface area contributed by atoms with Gasteiger partial charge in [0.1, 0.15) is 0 Å². The number of nitrogens with one attached hydrogen (secondary N) is 2. The van der Waals surface area contributed by atoms with Gasteiger partial charge in [0.05, 0.1) is 26.4 Å². The molecule has 0 saturated carbocycles. The van der Waals surface area contributed by atoms with Gasteiger partial charge >= 0.3 is 0 Å². The summed E-state index contributed by atoms with van der Waals surface area (Å²) >= 11 is 23.7. The number of benzene rings is 2.